The Bertz CT molecular complexity index is 403. The Labute approximate surface area is 120 Å². The lowest BCUT2D eigenvalue weighted by atomic mass is 10.1. The minimum Gasteiger partial charge on any atom is -0.481 e. The fraction of sp³-hybridized carbons (Fsp3) is 0.714. The first-order valence-corrected chi connectivity index (χ1v) is 7.21. The van der Waals surface area contributed by atoms with Crippen molar-refractivity contribution in [2.75, 3.05) is 39.2 Å². The lowest BCUT2D eigenvalue weighted by Gasteiger charge is -2.32. The molecule has 1 atom stereocenters. The molecule has 1 fully saturated rings. The van der Waals surface area contributed by atoms with Crippen LogP contribution in [0.4, 0.5) is 5.95 Å². The van der Waals surface area contributed by atoms with E-state index in [4.69, 9.17) is 9.47 Å². The van der Waals surface area contributed by atoms with E-state index in [1.807, 2.05) is 0 Å². The summed E-state index contributed by atoms with van der Waals surface area (Å²) in [5.74, 6) is 1.60. The second-order valence-electron chi connectivity index (χ2n) is 5.06. The predicted octanol–water partition coefficient (Wildman–Crippen LogP) is 1.78. The fourth-order valence-corrected chi connectivity index (χ4v) is 2.55. The van der Waals surface area contributed by atoms with Crippen LogP contribution in [-0.4, -0.2) is 54.8 Å². The summed E-state index contributed by atoms with van der Waals surface area (Å²) < 4.78 is 10.3. The number of piperidine rings is 1. The lowest BCUT2D eigenvalue weighted by Crippen LogP contribution is -2.42. The Balaban J connectivity index is 2.01. The Morgan fingerprint density at radius 3 is 2.60 bits per heavy atom. The van der Waals surface area contributed by atoms with Crippen LogP contribution in [0.1, 0.15) is 26.2 Å². The maximum atomic E-state index is 5.16. The van der Waals surface area contributed by atoms with Gasteiger partial charge < -0.3 is 19.7 Å². The molecule has 0 bridgehead atoms. The molecule has 1 aromatic rings. The molecule has 1 N–H and O–H groups in total. The number of likely N-dealkylation sites (tertiary alicyclic amines) is 1. The van der Waals surface area contributed by atoms with Crippen LogP contribution in [0.15, 0.2) is 6.07 Å². The van der Waals surface area contributed by atoms with E-state index < -0.39 is 0 Å². The summed E-state index contributed by atoms with van der Waals surface area (Å²) in [6, 6.07) is 2.06. The molecule has 6 nitrogen and oxygen atoms in total. The molecule has 20 heavy (non-hydrogen) atoms. The Morgan fingerprint density at radius 2 is 2.00 bits per heavy atom. The molecule has 6 heteroatoms. The SMILES string of the molecule is CCCN1CCCC(Nc2nc(OC)cc(OC)n2)C1. The number of anilines is 1. The molecule has 0 amide bonds. The molecule has 1 saturated heterocycles. The number of ether oxygens (including phenoxy) is 2. The van der Waals surface area contributed by atoms with Crippen molar-refractivity contribution >= 4 is 5.95 Å². The van der Waals surface area contributed by atoms with Gasteiger partial charge in [0, 0.05) is 12.6 Å². The van der Waals surface area contributed by atoms with Crippen LogP contribution in [-0.2, 0) is 0 Å². The summed E-state index contributed by atoms with van der Waals surface area (Å²) in [7, 11) is 3.18. The van der Waals surface area contributed by atoms with E-state index in [2.05, 4.69) is 27.1 Å². The van der Waals surface area contributed by atoms with Crippen LogP contribution in [0.2, 0.25) is 0 Å². The first-order chi connectivity index (χ1) is 9.75. The zero-order valence-electron chi connectivity index (χ0n) is 12.6. The van der Waals surface area contributed by atoms with Gasteiger partial charge >= 0.3 is 0 Å². The minimum absolute atomic E-state index is 0.382. The Kier molecular flexibility index (Phi) is 5.40. The maximum absolute atomic E-state index is 5.16. The number of nitrogens with zero attached hydrogens (tertiary/aromatic N) is 3. The van der Waals surface area contributed by atoms with Crippen molar-refractivity contribution in [1.29, 1.82) is 0 Å². The molecule has 0 saturated carbocycles. The maximum Gasteiger partial charge on any atom is 0.229 e. The highest BCUT2D eigenvalue weighted by Gasteiger charge is 2.20. The van der Waals surface area contributed by atoms with Crippen LogP contribution in [0.3, 0.4) is 0 Å². The lowest BCUT2D eigenvalue weighted by molar-refractivity contribution is 0.216. The van der Waals surface area contributed by atoms with Gasteiger partial charge in [0.2, 0.25) is 17.7 Å². The second-order valence-corrected chi connectivity index (χ2v) is 5.06. The molecular formula is C14H24N4O2. The van der Waals surface area contributed by atoms with Gasteiger partial charge in [0.05, 0.1) is 20.3 Å². The van der Waals surface area contributed by atoms with Crippen molar-refractivity contribution in [1.82, 2.24) is 14.9 Å². The van der Waals surface area contributed by atoms with E-state index in [1.165, 1.54) is 19.4 Å². The highest BCUT2D eigenvalue weighted by molar-refractivity contribution is 5.34. The third-order valence-corrected chi connectivity index (χ3v) is 3.48. The topological polar surface area (TPSA) is 59.5 Å². The molecule has 0 radical (unpaired) electrons. The van der Waals surface area contributed by atoms with Gasteiger partial charge in [-0.1, -0.05) is 6.92 Å². The summed E-state index contributed by atoms with van der Waals surface area (Å²) in [5.41, 5.74) is 0. The van der Waals surface area contributed by atoms with Gasteiger partial charge in [0.15, 0.2) is 0 Å². The molecule has 1 aromatic heterocycles. The number of hydrogen-bond acceptors (Lipinski definition) is 6. The first-order valence-electron chi connectivity index (χ1n) is 7.21. The Hall–Kier alpha value is -1.56. The second kappa shape index (κ2) is 7.28. The van der Waals surface area contributed by atoms with Crippen molar-refractivity contribution in [3.63, 3.8) is 0 Å². The standard InChI is InChI=1S/C14H24N4O2/c1-4-7-18-8-5-6-11(10-18)15-14-16-12(19-2)9-13(17-14)20-3/h9,11H,4-8,10H2,1-3H3,(H,15,16,17). The van der Waals surface area contributed by atoms with Crippen molar-refractivity contribution in [3.05, 3.63) is 6.07 Å². The molecule has 0 aromatic carbocycles. The third-order valence-electron chi connectivity index (χ3n) is 3.48. The van der Waals surface area contributed by atoms with Gasteiger partial charge in [-0.25, -0.2) is 0 Å². The predicted molar refractivity (Wildman–Crippen MR) is 78.5 cm³/mol. The molecular weight excluding hydrogens is 256 g/mol. The van der Waals surface area contributed by atoms with Gasteiger partial charge in [0.1, 0.15) is 0 Å². The molecule has 1 aliphatic heterocycles. The van der Waals surface area contributed by atoms with Crippen molar-refractivity contribution in [2.45, 2.75) is 32.2 Å². The number of rotatable bonds is 6. The van der Waals surface area contributed by atoms with Gasteiger partial charge in [-0.3, -0.25) is 0 Å². The molecule has 0 aliphatic carbocycles. The highest BCUT2D eigenvalue weighted by Crippen LogP contribution is 2.20. The number of aromatic nitrogens is 2. The van der Waals surface area contributed by atoms with Gasteiger partial charge in [-0.2, -0.15) is 9.97 Å². The van der Waals surface area contributed by atoms with Crippen molar-refractivity contribution in [2.24, 2.45) is 0 Å². The number of hydrogen-bond donors (Lipinski definition) is 1. The monoisotopic (exact) mass is 280 g/mol. The van der Waals surface area contributed by atoms with Crippen LogP contribution in [0, 0.1) is 0 Å². The first kappa shape index (κ1) is 14.8. The van der Waals surface area contributed by atoms with Gasteiger partial charge in [-0.15, -0.1) is 0 Å². The average Bonchev–Trinajstić information content (AvgIpc) is 2.47. The molecule has 112 valence electrons. The van der Waals surface area contributed by atoms with E-state index >= 15 is 0 Å². The molecule has 1 aliphatic rings. The van der Waals surface area contributed by atoms with E-state index in [0.717, 1.165) is 19.5 Å². The average molecular weight is 280 g/mol. The zero-order valence-corrected chi connectivity index (χ0v) is 12.6. The van der Waals surface area contributed by atoms with Gasteiger partial charge in [0.25, 0.3) is 0 Å². The number of methoxy groups -OCH3 is 2. The summed E-state index contributed by atoms with van der Waals surface area (Å²) in [5, 5.41) is 3.39. The smallest absolute Gasteiger partial charge is 0.229 e. The van der Waals surface area contributed by atoms with E-state index in [-0.39, 0.29) is 0 Å². The van der Waals surface area contributed by atoms with Crippen LogP contribution in [0.5, 0.6) is 11.8 Å². The third kappa shape index (κ3) is 3.96. The molecule has 1 unspecified atom stereocenters. The number of nitrogens with one attached hydrogen (secondary N) is 1. The quantitative estimate of drug-likeness (QED) is 0.857. The van der Waals surface area contributed by atoms with E-state index in [1.54, 1.807) is 20.3 Å². The van der Waals surface area contributed by atoms with Crippen LogP contribution < -0.4 is 14.8 Å². The molecule has 0 spiro atoms. The van der Waals surface area contributed by atoms with E-state index in [0.29, 0.717) is 23.8 Å². The highest BCUT2D eigenvalue weighted by atomic mass is 16.5. The Morgan fingerprint density at radius 1 is 1.30 bits per heavy atom. The minimum atomic E-state index is 0.382. The van der Waals surface area contributed by atoms with E-state index in [9.17, 15) is 0 Å². The van der Waals surface area contributed by atoms with Gasteiger partial charge in [-0.05, 0) is 32.4 Å². The fourth-order valence-electron chi connectivity index (χ4n) is 2.55. The summed E-state index contributed by atoms with van der Waals surface area (Å²) in [6.45, 7) is 5.60. The summed E-state index contributed by atoms with van der Waals surface area (Å²) in [6.07, 6.45) is 3.54. The summed E-state index contributed by atoms with van der Waals surface area (Å²) in [4.78, 5) is 11.1. The normalized spacial score (nSPS) is 19.6. The molecule has 2 rings (SSSR count). The van der Waals surface area contributed by atoms with Crippen LogP contribution >= 0.6 is 0 Å². The zero-order chi connectivity index (χ0) is 14.4. The van der Waals surface area contributed by atoms with Crippen LogP contribution in [0.25, 0.3) is 0 Å². The summed E-state index contributed by atoms with van der Waals surface area (Å²) >= 11 is 0. The largest absolute Gasteiger partial charge is 0.481 e. The molecule has 2 heterocycles. The van der Waals surface area contributed by atoms with Crippen molar-refractivity contribution in [3.8, 4) is 11.8 Å². The van der Waals surface area contributed by atoms with Crippen molar-refractivity contribution < 1.29 is 9.47 Å².